The molecule has 0 fully saturated rings. The number of methoxy groups -OCH3 is 1. The molecule has 0 N–H and O–H groups in total. The summed E-state index contributed by atoms with van der Waals surface area (Å²) >= 11 is 0. The maximum atomic E-state index is 13.6. The maximum Gasteiger partial charge on any atom is 0.323 e. The number of hydrogen-bond acceptors (Lipinski definition) is 6. The highest BCUT2D eigenvalue weighted by atomic mass is 16.5. The van der Waals surface area contributed by atoms with Crippen molar-refractivity contribution in [1.29, 1.82) is 0 Å². The Bertz CT molecular complexity index is 852. The molecule has 0 bridgehead atoms. The number of aryl methyl sites for hydroxylation is 1. The zero-order valence-corrected chi connectivity index (χ0v) is 21.1. The van der Waals surface area contributed by atoms with Gasteiger partial charge in [-0.1, -0.05) is 43.7 Å². The van der Waals surface area contributed by atoms with Crippen LogP contribution in [0.1, 0.15) is 50.2 Å². The third-order valence-electron chi connectivity index (χ3n) is 5.70. The summed E-state index contributed by atoms with van der Waals surface area (Å²) < 4.78 is 16.3. The van der Waals surface area contributed by atoms with Gasteiger partial charge >= 0.3 is 5.97 Å². The molecule has 0 spiro atoms. The highest BCUT2D eigenvalue weighted by Crippen LogP contribution is 2.15. The molecule has 34 heavy (non-hydrogen) atoms. The van der Waals surface area contributed by atoms with Crippen LogP contribution in [0.3, 0.4) is 0 Å². The highest BCUT2D eigenvalue weighted by molar-refractivity contribution is 5.80. The van der Waals surface area contributed by atoms with Gasteiger partial charge in [0.05, 0.1) is 19.7 Å². The topological polar surface area (TPSA) is 72.2 Å². The Balaban J connectivity index is 2.19. The van der Waals surface area contributed by atoms with Crippen molar-refractivity contribution in [2.24, 2.45) is 0 Å². The third kappa shape index (κ3) is 9.31. The Morgan fingerprint density at radius 2 is 1.82 bits per heavy atom. The molecular weight excluding hydrogens is 432 g/mol. The lowest BCUT2D eigenvalue weighted by Crippen LogP contribution is -2.49. The van der Waals surface area contributed by atoms with E-state index in [9.17, 15) is 9.59 Å². The van der Waals surface area contributed by atoms with E-state index in [1.54, 1.807) is 14.0 Å². The molecule has 1 atom stereocenters. The molecule has 0 aliphatic heterocycles. The minimum absolute atomic E-state index is 0.0344. The van der Waals surface area contributed by atoms with Crippen LogP contribution < -0.4 is 0 Å². The first-order chi connectivity index (χ1) is 16.5. The van der Waals surface area contributed by atoms with E-state index in [0.717, 1.165) is 30.8 Å². The largest absolute Gasteiger partial charge is 0.465 e. The van der Waals surface area contributed by atoms with E-state index in [2.05, 4.69) is 12.1 Å². The lowest BCUT2D eigenvalue weighted by atomic mass is 10.1. The van der Waals surface area contributed by atoms with Crippen LogP contribution in [0.5, 0.6) is 0 Å². The van der Waals surface area contributed by atoms with Crippen LogP contribution in [0, 0.1) is 6.92 Å². The van der Waals surface area contributed by atoms with Gasteiger partial charge in [-0.05, 0) is 50.8 Å². The molecule has 1 aromatic carbocycles. The second-order valence-electron chi connectivity index (χ2n) is 8.44. The van der Waals surface area contributed by atoms with E-state index in [1.165, 1.54) is 5.56 Å². The summed E-state index contributed by atoms with van der Waals surface area (Å²) in [5.41, 5.74) is 1.17. The summed E-state index contributed by atoms with van der Waals surface area (Å²) in [6.45, 7) is 8.29. The lowest BCUT2D eigenvalue weighted by molar-refractivity contribution is -0.151. The van der Waals surface area contributed by atoms with Gasteiger partial charge in [0.2, 0.25) is 5.91 Å². The van der Waals surface area contributed by atoms with Gasteiger partial charge in [0.1, 0.15) is 17.6 Å². The standard InChI is InChI=1S/C27H40N2O5/c1-5-11-25(27(31)33-6-2)28(17-10-19-32-4)21-26(30)29(20-24-15-14-22(3)34-24)18-16-23-12-8-7-9-13-23/h7-9,12-15,25H,5-6,10-11,16-21H2,1-4H3/t25-/m0/s1. The first-order valence-corrected chi connectivity index (χ1v) is 12.2. The first-order valence-electron chi connectivity index (χ1n) is 12.2. The lowest BCUT2D eigenvalue weighted by Gasteiger charge is -2.32. The van der Waals surface area contributed by atoms with Crippen molar-refractivity contribution < 1.29 is 23.5 Å². The van der Waals surface area contributed by atoms with E-state index in [1.807, 2.05) is 54.0 Å². The van der Waals surface area contributed by atoms with Gasteiger partial charge in [0.15, 0.2) is 0 Å². The Kier molecular flexibility index (Phi) is 12.4. The average Bonchev–Trinajstić information content (AvgIpc) is 3.25. The molecule has 0 saturated carbocycles. The number of benzene rings is 1. The van der Waals surface area contributed by atoms with Gasteiger partial charge in [-0.2, -0.15) is 0 Å². The molecule has 0 aliphatic carbocycles. The van der Waals surface area contributed by atoms with Crippen molar-refractivity contribution in [1.82, 2.24) is 9.80 Å². The van der Waals surface area contributed by atoms with Crippen LogP contribution in [0.2, 0.25) is 0 Å². The third-order valence-corrected chi connectivity index (χ3v) is 5.70. The Morgan fingerprint density at radius 1 is 1.06 bits per heavy atom. The van der Waals surface area contributed by atoms with Crippen molar-refractivity contribution in [3.05, 3.63) is 59.5 Å². The summed E-state index contributed by atoms with van der Waals surface area (Å²) in [6.07, 6.45) is 2.93. The number of ether oxygens (including phenoxy) is 2. The first kappa shape index (κ1) is 27.6. The Labute approximate surface area is 204 Å². The SMILES string of the molecule is CCC[C@@H](C(=O)OCC)N(CCCOC)CC(=O)N(CCc1ccccc1)Cc1ccc(C)o1. The molecule has 7 heteroatoms. The van der Waals surface area contributed by atoms with Crippen LogP contribution in [-0.2, 0) is 32.0 Å². The predicted molar refractivity (Wildman–Crippen MR) is 132 cm³/mol. The van der Waals surface area contributed by atoms with Gasteiger partial charge in [0.25, 0.3) is 0 Å². The quantitative estimate of drug-likeness (QED) is 0.269. The number of esters is 1. The highest BCUT2D eigenvalue weighted by Gasteiger charge is 2.29. The molecule has 2 aromatic rings. The van der Waals surface area contributed by atoms with Gasteiger partial charge < -0.3 is 18.8 Å². The Morgan fingerprint density at radius 3 is 2.44 bits per heavy atom. The molecular formula is C27H40N2O5. The van der Waals surface area contributed by atoms with E-state index >= 15 is 0 Å². The van der Waals surface area contributed by atoms with Crippen molar-refractivity contribution in [2.45, 2.75) is 59.0 Å². The number of furan rings is 1. The summed E-state index contributed by atoms with van der Waals surface area (Å²) in [4.78, 5) is 30.1. The molecule has 2 rings (SSSR count). The van der Waals surface area contributed by atoms with Crippen molar-refractivity contribution in [3.63, 3.8) is 0 Å². The van der Waals surface area contributed by atoms with Crippen LogP contribution in [0.15, 0.2) is 46.9 Å². The number of carbonyl (C=O) groups excluding carboxylic acids is 2. The molecule has 1 heterocycles. The van der Waals surface area contributed by atoms with Crippen LogP contribution in [0.25, 0.3) is 0 Å². The summed E-state index contributed by atoms with van der Waals surface area (Å²) in [7, 11) is 1.65. The average molecular weight is 473 g/mol. The van der Waals surface area contributed by atoms with E-state index in [-0.39, 0.29) is 18.4 Å². The summed E-state index contributed by atoms with van der Waals surface area (Å²) in [5, 5.41) is 0. The van der Waals surface area contributed by atoms with E-state index in [0.29, 0.717) is 39.3 Å². The van der Waals surface area contributed by atoms with Gasteiger partial charge in [0, 0.05) is 26.8 Å². The minimum Gasteiger partial charge on any atom is -0.465 e. The molecule has 0 radical (unpaired) electrons. The molecule has 188 valence electrons. The molecule has 1 aromatic heterocycles. The smallest absolute Gasteiger partial charge is 0.323 e. The molecule has 0 saturated heterocycles. The molecule has 0 aliphatic rings. The van der Waals surface area contributed by atoms with Crippen molar-refractivity contribution in [2.75, 3.05) is 40.0 Å². The van der Waals surface area contributed by atoms with Gasteiger partial charge in [-0.3, -0.25) is 14.5 Å². The molecule has 7 nitrogen and oxygen atoms in total. The zero-order valence-electron chi connectivity index (χ0n) is 21.1. The minimum atomic E-state index is -0.451. The van der Waals surface area contributed by atoms with Crippen LogP contribution in [0.4, 0.5) is 0 Å². The fourth-order valence-electron chi connectivity index (χ4n) is 3.95. The molecule has 1 amide bonds. The summed E-state index contributed by atoms with van der Waals surface area (Å²) in [5.74, 6) is 1.26. The van der Waals surface area contributed by atoms with Crippen molar-refractivity contribution in [3.8, 4) is 0 Å². The number of amides is 1. The molecule has 0 unspecified atom stereocenters. The zero-order chi connectivity index (χ0) is 24.8. The van der Waals surface area contributed by atoms with Gasteiger partial charge in [-0.25, -0.2) is 0 Å². The van der Waals surface area contributed by atoms with Crippen LogP contribution >= 0.6 is 0 Å². The fourth-order valence-corrected chi connectivity index (χ4v) is 3.95. The number of carbonyl (C=O) groups is 2. The number of nitrogens with zero attached hydrogens (tertiary/aromatic N) is 2. The Hall–Kier alpha value is -2.64. The predicted octanol–water partition coefficient (Wildman–Crippen LogP) is 4.23. The second-order valence-corrected chi connectivity index (χ2v) is 8.44. The maximum absolute atomic E-state index is 13.6. The van der Waals surface area contributed by atoms with E-state index in [4.69, 9.17) is 13.9 Å². The normalized spacial score (nSPS) is 12.0. The second kappa shape index (κ2) is 15.3. The van der Waals surface area contributed by atoms with Crippen molar-refractivity contribution >= 4 is 11.9 Å². The summed E-state index contributed by atoms with van der Waals surface area (Å²) in [6, 6.07) is 13.5. The van der Waals surface area contributed by atoms with Crippen LogP contribution in [-0.4, -0.2) is 67.7 Å². The number of rotatable bonds is 16. The van der Waals surface area contributed by atoms with E-state index < -0.39 is 6.04 Å². The fraction of sp³-hybridized carbons (Fsp3) is 0.556. The monoisotopic (exact) mass is 472 g/mol. The van der Waals surface area contributed by atoms with Gasteiger partial charge in [-0.15, -0.1) is 0 Å². The number of hydrogen-bond donors (Lipinski definition) is 0.